The van der Waals surface area contributed by atoms with Crippen LogP contribution in [0.5, 0.6) is 11.5 Å². The molecule has 0 saturated heterocycles. The van der Waals surface area contributed by atoms with E-state index in [4.69, 9.17) is 4.42 Å². The second-order valence-corrected chi connectivity index (χ2v) is 5.42. The van der Waals surface area contributed by atoms with E-state index in [1.165, 1.54) is 42.8 Å². The summed E-state index contributed by atoms with van der Waals surface area (Å²) in [5.74, 6) is -1.45. The fourth-order valence-corrected chi connectivity index (χ4v) is 2.23. The zero-order chi connectivity index (χ0) is 19.2. The van der Waals surface area contributed by atoms with Crippen LogP contribution in [0, 0.1) is 0 Å². The fraction of sp³-hybridized carbons (Fsp3) is 0. The second kappa shape index (κ2) is 7.87. The van der Waals surface area contributed by atoms with Gasteiger partial charge in [-0.15, -0.1) is 0 Å². The Morgan fingerprint density at radius 2 is 1.78 bits per heavy atom. The Balaban J connectivity index is 1.70. The second-order valence-electron chi connectivity index (χ2n) is 5.42. The molecule has 8 nitrogen and oxygen atoms in total. The van der Waals surface area contributed by atoms with Crippen LogP contribution >= 0.6 is 0 Å². The average Bonchev–Trinajstić information content (AvgIpc) is 3.20. The van der Waals surface area contributed by atoms with Crippen LogP contribution in [0.1, 0.15) is 26.5 Å². The predicted octanol–water partition coefficient (Wildman–Crippen LogP) is 2.71. The molecule has 3 aromatic rings. The van der Waals surface area contributed by atoms with Gasteiger partial charge < -0.3 is 19.9 Å². The molecule has 0 fully saturated rings. The van der Waals surface area contributed by atoms with E-state index in [9.17, 15) is 19.8 Å². The highest BCUT2D eigenvalue weighted by Gasteiger charge is 2.15. The first kappa shape index (κ1) is 17.7. The summed E-state index contributed by atoms with van der Waals surface area (Å²) in [5, 5.41) is 25.1. The van der Waals surface area contributed by atoms with Crippen molar-refractivity contribution in [2.75, 3.05) is 5.32 Å². The van der Waals surface area contributed by atoms with Gasteiger partial charge in [-0.3, -0.25) is 9.59 Å². The number of phenols is 2. The molecule has 1 heterocycles. The Hall–Kier alpha value is -4.07. The molecule has 0 spiro atoms. The maximum Gasteiger partial charge on any atom is 0.291 e. The lowest BCUT2D eigenvalue weighted by Gasteiger charge is -2.08. The van der Waals surface area contributed by atoms with Crippen LogP contribution in [0.25, 0.3) is 0 Å². The summed E-state index contributed by atoms with van der Waals surface area (Å²) in [6.07, 6.45) is 2.68. The minimum atomic E-state index is -0.537. The molecule has 0 bridgehead atoms. The number of anilines is 1. The third-order valence-corrected chi connectivity index (χ3v) is 3.54. The van der Waals surface area contributed by atoms with E-state index >= 15 is 0 Å². The molecule has 4 N–H and O–H groups in total. The van der Waals surface area contributed by atoms with Crippen LogP contribution in [-0.4, -0.2) is 28.2 Å². The van der Waals surface area contributed by atoms with Crippen LogP contribution in [-0.2, 0) is 0 Å². The zero-order valence-electron chi connectivity index (χ0n) is 13.9. The van der Waals surface area contributed by atoms with Crippen molar-refractivity contribution in [3.63, 3.8) is 0 Å². The van der Waals surface area contributed by atoms with Crippen LogP contribution in [0.15, 0.2) is 70.4 Å². The summed E-state index contributed by atoms with van der Waals surface area (Å²) >= 11 is 0. The molecule has 0 aliphatic rings. The van der Waals surface area contributed by atoms with Gasteiger partial charge in [-0.2, -0.15) is 5.10 Å². The van der Waals surface area contributed by atoms with Crippen molar-refractivity contribution in [1.82, 2.24) is 5.43 Å². The Morgan fingerprint density at radius 1 is 0.963 bits per heavy atom. The van der Waals surface area contributed by atoms with Crippen molar-refractivity contribution in [1.29, 1.82) is 0 Å². The van der Waals surface area contributed by atoms with Crippen molar-refractivity contribution in [3.05, 3.63) is 77.7 Å². The number of furan rings is 1. The van der Waals surface area contributed by atoms with Crippen LogP contribution in [0.4, 0.5) is 5.69 Å². The number of rotatable bonds is 5. The molecule has 27 heavy (non-hydrogen) atoms. The largest absolute Gasteiger partial charge is 0.504 e. The standard InChI is InChI=1S/C19H15N3O5/c23-15-8-7-12(10-16(15)24)11-20-22-18(25)13-4-1-2-5-14(13)21-19(26)17-6-3-9-27-17/h1-11,23-24H,(H,21,26)(H,22,25)/b20-11-. The number of nitrogens with one attached hydrogen (secondary N) is 2. The Kier molecular flexibility index (Phi) is 5.17. The van der Waals surface area contributed by atoms with E-state index in [0.29, 0.717) is 11.3 Å². The molecule has 136 valence electrons. The number of hydrogen-bond acceptors (Lipinski definition) is 6. The van der Waals surface area contributed by atoms with Crippen molar-refractivity contribution in [2.24, 2.45) is 5.10 Å². The number of carbonyl (C=O) groups is 2. The molecule has 0 unspecified atom stereocenters. The lowest BCUT2D eigenvalue weighted by molar-refractivity contribution is 0.0956. The Morgan fingerprint density at radius 3 is 2.52 bits per heavy atom. The van der Waals surface area contributed by atoms with Gasteiger partial charge in [0.05, 0.1) is 23.7 Å². The molecule has 0 aliphatic heterocycles. The first-order valence-corrected chi connectivity index (χ1v) is 7.84. The Labute approximate surface area is 153 Å². The first-order chi connectivity index (χ1) is 13.0. The summed E-state index contributed by atoms with van der Waals surface area (Å²) in [5.41, 5.74) is 3.33. The topological polar surface area (TPSA) is 124 Å². The molecule has 8 heteroatoms. The molecule has 0 aliphatic carbocycles. The van der Waals surface area contributed by atoms with Gasteiger partial charge in [-0.1, -0.05) is 12.1 Å². The quantitative estimate of drug-likeness (QED) is 0.314. The van der Waals surface area contributed by atoms with Gasteiger partial charge >= 0.3 is 0 Å². The summed E-state index contributed by atoms with van der Waals surface area (Å²) in [4.78, 5) is 24.5. The van der Waals surface area contributed by atoms with Crippen molar-refractivity contribution in [3.8, 4) is 11.5 Å². The van der Waals surface area contributed by atoms with Gasteiger partial charge in [-0.25, -0.2) is 5.43 Å². The van der Waals surface area contributed by atoms with Gasteiger partial charge in [0.15, 0.2) is 17.3 Å². The van der Waals surface area contributed by atoms with E-state index in [-0.39, 0.29) is 22.8 Å². The average molecular weight is 365 g/mol. The van der Waals surface area contributed by atoms with Crippen molar-refractivity contribution < 1.29 is 24.2 Å². The van der Waals surface area contributed by atoms with Gasteiger partial charge in [0.25, 0.3) is 11.8 Å². The van der Waals surface area contributed by atoms with E-state index in [1.807, 2.05) is 0 Å². The number of aromatic hydroxyl groups is 2. The number of hydrogen-bond donors (Lipinski definition) is 4. The van der Waals surface area contributed by atoms with Gasteiger partial charge in [0, 0.05) is 0 Å². The van der Waals surface area contributed by atoms with Crippen molar-refractivity contribution >= 4 is 23.7 Å². The lowest BCUT2D eigenvalue weighted by Crippen LogP contribution is -2.21. The molecule has 2 amide bonds. The minimum Gasteiger partial charge on any atom is -0.504 e. The third kappa shape index (κ3) is 4.31. The maximum absolute atomic E-state index is 12.4. The molecule has 2 aromatic carbocycles. The number of para-hydroxylation sites is 1. The van der Waals surface area contributed by atoms with Crippen LogP contribution in [0.3, 0.4) is 0 Å². The molecule has 0 radical (unpaired) electrons. The normalized spacial score (nSPS) is 10.7. The summed E-state index contributed by atoms with van der Waals surface area (Å²) in [6, 6.07) is 13.7. The van der Waals surface area contributed by atoms with Gasteiger partial charge in [0.2, 0.25) is 0 Å². The molecule has 0 saturated carbocycles. The number of benzene rings is 2. The summed E-state index contributed by atoms with van der Waals surface area (Å²) < 4.78 is 5.03. The van der Waals surface area contributed by atoms with Gasteiger partial charge in [-0.05, 0) is 48.0 Å². The van der Waals surface area contributed by atoms with Crippen LogP contribution < -0.4 is 10.7 Å². The van der Waals surface area contributed by atoms with E-state index < -0.39 is 11.8 Å². The molecule has 0 atom stereocenters. The lowest BCUT2D eigenvalue weighted by atomic mass is 10.1. The monoisotopic (exact) mass is 365 g/mol. The first-order valence-electron chi connectivity index (χ1n) is 7.84. The number of phenolic OH excluding ortho intramolecular Hbond substituents is 2. The highest BCUT2D eigenvalue weighted by atomic mass is 16.3. The molecule has 1 aromatic heterocycles. The zero-order valence-corrected chi connectivity index (χ0v) is 13.9. The summed E-state index contributed by atoms with van der Waals surface area (Å²) in [7, 11) is 0. The fourth-order valence-electron chi connectivity index (χ4n) is 2.23. The van der Waals surface area contributed by atoms with E-state index in [0.717, 1.165) is 0 Å². The number of carbonyl (C=O) groups excluding carboxylic acids is 2. The smallest absolute Gasteiger partial charge is 0.291 e. The van der Waals surface area contributed by atoms with Crippen molar-refractivity contribution in [2.45, 2.75) is 0 Å². The molecular formula is C19H15N3O5. The van der Waals surface area contributed by atoms with E-state index in [2.05, 4.69) is 15.8 Å². The summed E-state index contributed by atoms with van der Waals surface area (Å²) in [6.45, 7) is 0. The predicted molar refractivity (Wildman–Crippen MR) is 97.9 cm³/mol. The van der Waals surface area contributed by atoms with E-state index in [1.54, 1.807) is 24.3 Å². The number of hydrazone groups is 1. The van der Waals surface area contributed by atoms with Crippen LogP contribution in [0.2, 0.25) is 0 Å². The Bertz CT molecular complexity index is 996. The number of nitrogens with zero attached hydrogens (tertiary/aromatic N) is 1. The molecular weight excluding hydrogens is 350 g/mol. The molecule has 3 rings (SSSR count). The van der Waals surface area contributed by atoms with Gasteiger partial charge in [0.1, 0.15) is 0 Å². The SMILES string of the molecule is O=C(Nc1ccccc1C(=O)N/N=C\c1ccc(O)c(O)c1)c1ccco1. The highest BCUT2D eigenvalue weighted by Crippen LogP contribution is 2.24. The number of amides is 2. The third-order valence-electron chi connectivity index (χ3n) is 3.54. The maximum atomic E-state index is 12.4. The minimum absolute atomic E-state index is 0.121. The highest BCUT2D eigenvalue weighted by molar-refractivity contribution is 6.07.